The van der Waals surface area contributed by atoms with Crippen molar-refractivity contribution in [3.63, 3.8) is 0 Å². The van der Waals surface area contributed by atoms with E-state index in [0.717, 1.165) is 5.92 Å². The molecule has 0 aliphatic heterocycles. The van der Waals surface area contributed by atoms with E-state index in [1.54, 1.807) is 0 Å². The summed E-state index contributed by atoms with van der Waals surface area (Å²) in [5.41, 5.74) is 5.76. The summed E-state index contributed by atoms with van der Waals surface area (Å²) < 4.78 is 0. The van der Waals surface area contributed by atoms with E-state index in [1.807, 2.05) is 0 Å². The van der Waals surface area contributed by atoms with Gasteiger partial charge in [0.05, 0.1) is 0 Å². The first-order valence-corrected chi connectivity index (χ1v) is 3.48. The zero-order valence-corrected chi connectivity index (χ0v) is 5.33. The molecule has 3 unspecified atom stereocenters. The largest absolute Gasteiger partial charge is 0.327 e. The molecule has 9 heavy (non-hydrogen) atoms. The number of rotatable bonds is 0. The van der Waals surface area contributed by atoms with E-state index in [2.05, 4.69) is 24.3 Å². The van der Waals surface area contributed by atoms with Gasteiger partial charge in [-0.1, -0.05) is 24.3 Å². The second-order valence-corrected chi connectivity index (χ2v) is 2.87. The molecule has 1 saturated carbocycles. The van der Waals surface area contributed by atoms with Gasteiger partial charge in [0.2, 0.25) is 0 Å². The van der Waals surface area contributed by atoms with Crippen LogP contribution in [0.2, 0.25) is 0 Å². The van der Waals surface area contributed by atoms with Crippen molar-refractivity contribution in [3.05, 3.63) is 24.3 Å². The Balaban J connectivity index is 2.13. The highest BCUT2D eigenvalue weighted by Gasteiger charge is 2.44. The van der Waals surface area contributed by atoms with E-state index < -0.39 is 0 Å². The van der Waals surface area contributed by atoms with Crippen molar-refractivity contribution in [2.45, 2.75) is 12.5 Å². The predicted molar refractivity (Wildman–Crippen MR) is 37.9 cm³/mol. The fourth-order valence-electron chi connectivity index (χ4n) is 1.52. The van der Waals surface area contributed by atoms with Gasteiger partial charge in [-0.25, -0.2) is 0 Å². The third kappa shape index (κ3) is 0.724. The van der Waals surface area contributed by atoms with E-state index in [4.69, 9.17) is 5.73 Å². The third-order valence-electron chi connectivity index (χ3n) is 2.28. The highest BCUT2D eigenvalue weighted by atomic mass is 14.8. The van der Waals surface area contributed by atoms with Crippen LogP contribution in [-0.4, -0.2) is 6.04 Å². The maximum absolute atomic E-state index is 5.76. The van der Waals surface area contributed by atoms with Gasteiger partial charge in [-0.05, 0) is 18.3 Å². The van der Waals surface area contributed by atoms with Crippen LogP contribution in [0.5, 0.6) is 0 Å². The van der Waals surface area contributed by atoms with Gasteiger partial charge >= 0.3 is 0 Å². The average Bonchev–Trinajstić information content (AvgIpc) is 2.51. The molecule has 0 spiro atoms. The minimum Gasteiger partial charge on any atom is -0.327 e. The lowest BCUT2D eigenvalue weighted by Gasteiger charge is -1.83. The molecule has 2 rings (SSSR count). The molecule has 48 valence electrons. The quantitative estimate of drug-likeness (QED) is 0.510. The number of nitrogens with two attached hydrogens (primary N) is 1. The molecule has 0 aromatic rings. The number of fused-ring (bicyclic) bond motifs is 1. The molecule has 3 atom stereocenters. The van der Waals surface area contributed by atoms with Gasteiger partial charge in [-0.15, -0.1) is 0 Å². The van der Waals surface area contributed by atoms with Crippen molar-refractivity contribution >= 4 is 0 Å². The maximum Gasteiger partial charge on any atom is 0.0143 e. The lowest BCUT2D eigenvalue weighted by Crippen LogP contribution is -2.02. The van der Waals surface area contributed by atoms with Crippen LogP contribution in [0.25, 0.3) is 0 Å². The van der Waals surface area contributed by atoms with Crippen molar-refractivity contribution in [1.29, 1.82) is 0 Å². The van der Waals surface area contributed by atoms with Crippen LogP contribution < -0.4 is 5.73 Å². The first-order chi connectivity index (χ1) is 4.39. The lowest BCUT2D eigenvalue weighted by molar-refractivity contribution is 0.792. The van der Waals surface area contributed by atoms with Crippen molar-refractivity contribution in [1.82, 2.24) is 0 Å². The van der Waals surface area contributed by atoms with Crippen LogP contribution in [0, 0.1) is 11.8 Å². The van der Waals surface area contributed by atoms with Gasteiger partial charge in [-0.2, -0.15) is 0 Å². The van der Waals surface area contributed by atoms with Gasteiger partial charge < -0.3 is 5.73 Å². The number of hydrogen-bond acceptors (Lipinski definition) is 1. The fourth-order valence-corrected chi connectivity index (χ4v) is 1.52. The summed E-state index contributed by atoms with van der Waals surface area (Å²) >= 11 is 0. The minimum atomic E-state index is 0.464. The van der Waals surface area contributed by atoms with Crippen LogP contribution in [0.1, 0.15) is 6.42 Å². The van der Waals surface area contributed by atoms with Gasteiger partial charge in [0.1, 0.15) is 0 Å². The molecule has 1 fully saturated rings. The van der Waals surface area contributed by atoms with Gasteiger partial charge in [0.15, 0.2) is 0 Å². The van der Waals surface area contributed by atoms with Crippen molar-refractivity contribution in [2.75, 3.05) is 0 Å². The van der Waals surface area contributed by atoms with Crippen molar-refractivity contribution in [2.24, 2.45) is 17.6 Å². The normalized spacial score (nSPS) is 46.1. The van der Waals surface area contributed by atoms with Gasteiger partial charge in [0, 0.05) is 6.04 Å². The maximum atomic E-state index is 5.76. The smallest absolute Gasteiger partial charge is 0.0143 e. The van der Waals surface area contributed by atoms with E-state index in [-0.39, 0.29) is 0 Å². The first-order valence-electron chi connectivity index (χ1n) is 3.48. The Morgan fingerprint density at radius 1 is 1.33 bits per heavy atom. The molecule has 0 aromatic heterocycles. The van der Waals surface area contributed by atoms with Crippen LogP contribution in [0.4, 0.5) is 0 Å². The Morgan fingerprint density at radius 3 is 3.11 bits per heavy atom. The van der Waals surface area contributed by atoms with Crippen LogP contribution >= 0.6 is 0 Å². The lowest BCUT2D eigenvalue weighted by atomic mass is 10.2. The second kappa shape index (κ2) is 1.71. The molecular formula is C8H11N. The van der Waals surface area contributed by atoms with Gasteiger partial charge in [0.25, 0.3) is 0 Å². The molecule has 2 aliphatic carbocycles. The van der Waals surface area contributed by atoms with E-state index in [9.17, 15) is 0 Å². The molecule has 2 N–H and O–H groups in total. The van der Waals surface area contributed by atoms with Crippen molar-refractivity contribution in [3.8, 4) is 0 Å². The zero-order chi connectivity index (χ0) is 6.27. The Kier molecular flexibility index (Phi) is 0.995. The molecule has 1 nitrogen and oxygen atoms in total. The average molecular weight is 121 g/mol. The molecule has 0 amide bonds. The van der Waals surface area contributed by atoms with Crippen LogP contribution in [-0.2, 0) is 0 Å². The molecule has 2 aliphatic rings. The highest BCUT2D eigenvalue weighted by Crippen LogP contribution is 2.42. The SMILES string of the molecule is NC1C2C=CC=CCC12. The van der Waals surface area contributed by atoms with Crippen molar-refractivity contribution < 1.29 is 0 Å². The Hall–Kier alpha value is -0.560. The van der Waals surface area contributed by atoms with E-state index >= 15 is 0 Å². The molecular weight excluding hydrogens is 110 g/mol. The summed E-state index contributed by atoms with van der Waals surface area (Å²) in [6.45, 7) is 0. The van der Waals surface area contributed by atoms with E-state index in [0.29, 0.717) is 12.0 Å². The van der Waals surface area contributed by atoms with E-state index in [1.165, 1.54) is 6.42 Å². The molecule has 0 radical (unpaired) electrons. The second-order valence-electron chi connectivity index (χ2n) is 2.87. The summed E-state index contributed by atoms with van der Waals surface area (Å²) in [6.07, 6.45) is 9.82. The standard InChI is InChI=1S/C8H11N/c9-8-6-4-2-1-3-5-7(6)8/h1-4,6-8H,5,9H2. The molecule has 0 aromatic carbocycles. The minimum absolute atomic E-state index is 0.464. The Bertz CT molecular complexity index is 169. The summed E-state index contributed by atoms with van der Waals surface area (Å²) in [5.74, 6) is 1.46. The summed E-state index contributed by atoms with van der Waals surface area (Å²) in [7, 11) is 0. The molecule has 0 heterocycles. The van der Waals surface area contributed by atoms with Gasteiger partial charge in [-0.3, -0.25) is 0 Å². The topological polar surface area (TPSA) is 26.0 Å². The summed E-state index contributed by atoms with van der Waals surface area (Å²) in [6, 6.07) is 0.464. The molecule has 0 bridgehead atoms. The summed E-state index contributed by atoms with van der Waals surface area (Å²) in [5, 5.41) is 0. The first kappa shape index (κ1) is 5.24. The van der Waals surface area contributed by atoms with Crippen LogP contribution in [0.15, 0.2) is 24.3 Å². The Morgan fingerprint density at radius 2 is 2.22 bits per heavy atom. The number of allylic oxidation sites excluding steroid dienone is 3. The predicted octanol–water partition coefficient (Wildman–Crippen LogP) is 1.08. The molecule has 1 heteroatoms. The Labute approximate surface area is 55.2 Å². The monoisotopic (exact) mass is 121 g/mol. The summed E-state index contributed by atoms with van der Waals surface area (Å²) in [4.78, 5) is 0. The molecule has 0 saturated heterocycles. The zero-order valence-electron chi connectivity index (χ0n) is 5.33. The van der Waals surface area contributed by atoms with Crippen LogP contribution in [0.3, 0.4) is 0 Å². The highest BCUT2D eigenvalue weighted by molar-refractivity contribution is 5.20. The fraction of sp³-hybridized carbons (Fsp3) is 0.500. The third-order valence-corrected chi connectivity index (χ3v) is 2.28. The number of hydrogen-bond donors (Lipinski definition) is 1.